The molecule has 2 rings (SSSR count). The van der Waals surface area contributed by atoms with Gasteiger partial charge < -0.3 is 10.1 Å². The lowest BCUT2D eigenvalue weighted by molar-refractivity contribution is 0.177. The predicted octanol–water partition coefficient (Wildman–Crippen LogP) is 0.844. The van der Waals surface area contributed by atoms with Crippen molar-refractivity contribution in [2.75, 3.05) is 6.61 Å². The first-order valence-corrected chi connectivity index (χ1v) is 4.14. The fourth-order valence-corrected chi connectivity index (χ4v) is 1.29. The van der Waals surface area contributed by atoms with Crippen LogP contribution >= 0.6 is 0 Å². The van der Waals surface area contributed by atoms with Crippen LogP contribution in [0.4, 0.5) is 4.79 Å². The third kappa shape index (κ3) is 1.52. The normalized spacial score (nSPS) is 19.6. The van der Waals surface area contributed by atoms with Crippen molar-refractivity contribution in [2.45, 2.75) is 6.04 Å². The molecular formula is C10H8N2O2. The van der Waals surface area contributed by atoms with E-state index in [4.69, 9.17) is 11.2 Å². The first kappa shape index (κ1) is 8.57. The van der Waals surface area contributed by atoms with E-state index in [1.54, 1.807) is 12.4 Å². The Balaban J connectivity index is 2.24. The Morgan fingerprint density at radius 3 is 3.14 bits per heavy atom. The molecule has 1 aromatic heterocycles. The van der Waals surface area contributed by atoms with Gasteiger partial charge in [-0.1, -0.05) is 5.92 Å². The Morgan fingerprint density at radius 2 is 2.50 bits per heavy atom. The molecule has 14 heavy (non-hydrogen) atoms. The van der Waals surface area contributed by atoms with Crippen molar-refractivity contribution in [3.05, 3.63) is 29.6 Å². The minimum atomic E-state index is -0.402. The maximum atomic E-state index is 10.8. The molecule has 0 saturated carbocycles. The van der Waals surface area contributed by atoms with Gasteiger partial charge in [0.1, 0.15) is 6.61 Å². The molecule has 1 aliphatic heterocycles. The first-order chi connectivity index (χ1) is 6.79. The number of nitrogens with zero attached hydrogens (tertiary/aromatic N) is 1. The van der Waals surface area contributed by atoms with E-state index in [-0.39, 0.29) is 6.04 Å². The molecule has 1 aliphatic rings. The van der Waals surface area contributed by atoms with E-state index >= 15 is 0 Å². The van der Waals surface area contributed by atoms with E-state index in [1.165, 1.54) is 0 Å². The molecule has 1 aromatic rings. The second-order valence-corrected chi connectivity index (χ2v) is 2.95. The number of cyclic esters (lactones) is 1. The number of hydrogen-bond acceptors (Lipinski definition) is 3. The molecule has 1 N–H and O–H groups in total. The summed E-state index contributed by atoms with van der Waals surface area (Å²) in [4.78, 5) is 14.8. The molecule has 0 aliphatic carbocycles. The van der Waals surface area contributed by atoms with Crippen LogP contribution in [-0.4, -0.2) is 17.7 Å². The van der Waals surface area contributed by atoms with Crippen LogP contribution in [0.3, 0.4) is 0 Å². The molecule has 0 spiro atoms. The zero-order valence-electron chi connectivity index (χ0n) is 7.36. The molecule has 1 unspecified atom stereocenters. The van der Waals surface area contributed by atoms with Gasteiger partial charge >= 0.3 is 6.09 Å². The predicted molar refractivity (Wildman–Crippen MR) is 49.4 cm³/mol. The summed E-state index contributed by atoms with van der Waals surface area (Å²) in [5.41, 5.74) is 1.56. The number of carbonyl (C=O) groups is 1. The number of amides is 1. The number of carbonyl (C=O) groups excluding carboxylic acids is 1. The van der Waals surface area contributed by atoms with Gasteiger partial charge in [-0.3, -0.25) is 4.98 Å². The third-order valence-corrected chi connectivity index (χ3v) is 2.00. The number of pyridine rings is 1. The summed E-state index contributed by atoms with van der Waals surface area (Å²) in [6.45, 7) is 0.328. The first-order valence-electron chi connectivity index (χ1n) is 4.14. The quantitative estimate of drug-likeness (QED) is 0.664. The average molecular weight is 188 g/mol. The van der Waals surface area contributed by atoms with Crippen LogP contribution < -0.4 is 5.32 Å². The summed E-state index contributed by atoms with van der Waals surface area (Å²) in [7, 11) is 0. The molecule has 1 fully saturated rings. The number of ether oxygens (including phenoxy) is 1. The van der Waals surface area contributed by atoms with E-state index in [0.29, 0.717) is 12.2 Å². The summed E-state index contributed by atoms with van der Waals surface area (Å²) in [6.07, 6.45) is 8.10. The number of hydrogen-bond donors (Lipinski definition) is 1. The highest BCUT2D eigenvalue weighted by atomic mass is 16.6. The van der Waals surface area contributed by atoms with Crippen molar-refractivity contribution in [3.63, 3.8) is 0 Å². The highest BCUT2D eigenvalue weighted by molar-refractivity contribution is 5.70. The lowest BCUT2D eigenvalue weighted by Crippen LogP contribution is -2.18. The smallest absolute Gasteiger partial charge is 0.407 e. The Hall–Kier alpha value is -2.02. The van der Waals surface area contributed by atoms with Gasteiger partial charge in [0.15, 0.2) is 0 Å². The molecule has 4 heteroatoms. The minimum Gasteiger partial charge on any atom is -0.447 e. The molecule has 0 bridgehead atoms. The number of terminal acetylenes is 1. The standard InChI is InChI=1S/C10H8N2O2/c1-2-7-3-8(5-11-4-7)9-6-14-10(13)12-9/h1,3-5,9H,6H2,(H,12,13). The van der Waals surface area contributed by atoms with E-state index in [2.05, 4.69) is 16.2 Å². The second-order valence-electron chi connectivity index (χ2n) is 2.95. The van der Waals surface area contributed by atoms with Gasteiger partial charge in [0, 0.05) is 18.0 Å². The minimum absolute atomic E-state index is 0.136. The fraction of sp³-hybridized carbons (Fsp3) is 0.200. The van der Waals surface area contributed by atoms with Crippen LogP contribution in [-0.2, 0) is 4.74 Å². The molecule has 2 heterocycles. The van der Waals surface area contributed by atoms with Crippen LogP contribution in [0.2, 0.25) is 0 Å². The molecule has 1 amide bonds. The lowest BCUT2D eigenvalue weighted by atomic mass is 10.1. The van der Waals surface area contributed by atoms with E-state index in [9.17, 15) is 4.79 Å². The number of alkyl carbamates (subject to hydrolysis) is 1. The number of rotatable bonds is 1. The highest BCUT2D eigenvalue weighted by Crippen LogP contribution is 2.17. The molecule has 0 radical (unpaired) electrons. The van der Waals surface area contributed by atoms with Gasteiger partial charge in [-0.05, 0) is 11.6 Å². The van der Waals surface area contributed by atoms with Crippen molar-refractivity contribution >= 4 is 6.09 Å². The Morgan fingerprint density at radius 1 is 1.64 bits per heavy atom. The van der Waals surface area contributed by atoms with Crippen LogP contribution in [0.25, 0.3) is 0 Å². The summed E-state index contributed by atoms with van der Waals surface area (Å²) in [6, 6.07) is 1.68. The molecule has 1 saturated heterocycles. The van der Waals surface area contributed by atoms with Gasteiger partial charge in [0.05, 0.1) is 6.04 Å². The van der Waals surface area contributed by atoms with Gasteiger partial charge in [0.2, 0.25) is 0 Å². The zero-order chi connectivity index (χ0) is 9.97. The van der Waals surface area contributed by atoms with E-state index in [0.717, 1.165) is 5.56 Å². The molecule has 70 valence electrons. The van der Waals surface area contributed by atoms with Crippen LogP contribution in [0.1, 0.15) is 17.2 Å². The third-order valence-electron chi connectivity index (χ3n) is 2.00. The van der Waals surface area contributed by atoms with Crippen LogP contribution in [0.5, 0.6) is 0 Å². The maximum Gasteiger partial charge on any atom is 0.407 e. The summed E-state index contributed by atoms with van der Waals surface area (Å²) < 4.78 is 4.76. The van der Waals surface area contributed by atoms with Crippen LogP contribution in [0.15, 0.2) is 18.5 Å². The molecule has 0 aromatic carbocycles. The SMILES string of the molecule is C#Cc1cncc(C2COC(=O)N2)c1. The Bertz CT molecular complexity index is 409. The van der Waals surface area contributed by atoms with Gasteiger partial charge in [0.25, 0.3) is 0 Å². The van der Waals surface area contributed by atoms with Crippen molar-refractivity contribution < 1.29 is 9.53 Å². The summed E-state index contributed by atoms with van der Waals surface area (Å²) in [5.74, 6) is 2.49. The van der Waals surface area contributed by atoms with Crippen molar-refractivity contribution in [1.29, 1.82) is 0 Å². The highest BCUT2D eigenvalue weighted by Gasteiger charge is 2.23. The Kier molecular flexibility index (Phi) is 2.07. The van der Waals surface area contributed by atoms with Gasteiger partial charge in [-0.25, -0.2) is 4.79 Å². The maximum absolute atomic E-state index is 10.8. The number of aromatic nitrogens is 1. The lowest BCUT2D eigenvalue weighted by Gasteiger charge is -2.06. The zero-order valence-corrected chi connectivity index (χ0v) is 7.36. The monoisotopic (exact) mass is 188 g/mol. The fourth-order valence-electron chi connectivity index (χ4n) is 1.29. The van der Waals surface area contributed by atoms with Gasteiger partial charge in [-0.2, -0.15) is 0 Å². The van der Waals surface area contributed by atoms with Crippen molar-refractivity contribution in [3.8, 4) is 12.3 Å². The largest absolute Gasteiger partial charge is 0.447 e. The van der Waals surface area contributed by atoms with Crippen molar-refractivity contribution in [1.82, 2.24) is 10.3 Å². The van der Waals surface area contributed by atoms with Crippen molar-refractivity contribution in [2.24, 2.45) is 0 Å². The second kappa shape index (κ2) is 3.38. The Labute approximate surface area is 81.3 Å². The molecular weight excluding hydrogens is 180 g/mol. The summed E-state index contributed by atoms with van der Waals surface area (Å²) >= 11 is 0. The molecule has 4 nitrogen and oxygen atoms in total. The topological polar surface area (TPSA) is 51.2 Å². The average Bonchev–Trinajstić information content (AvgIpc) is 2.65. The molecule has 1 atom stereocenters. The van der Waals surface area contributed by atoms with E-state index < -0.39 is 6.09 Å². The number of nitrogens with one attached hydrogen (secondary N) is 1. The van der Waals surface area contributed by atoms with E-state index in [1.807, 2.05) is 6.07 Å². The van der Waals surface area contributed by atoms with Crippen LogP contribution in [0, 0.1) is 12.3 Å². The summed E-state index contributed by atoms with van der Waals surface area (Å²) in [5, 5.41) is 2.65. The van der Waals surface area contributed by atoms with Gasteiger partial charge in [-0.15, -0.1) is 6.42 Å².